The van der Waals surface area contributed by atoms with Crippen LogP contribution in [0, 0.1) is 0 Å². The summed E-state index contributed by atoms with van der Waals surface area (Å²) in [5, 5.41) is 7.12. The fourth-order valence-corrected chi connectivity index (χ4v) is 3.52. The van der Waals surface area contributed by atoms with Crippen molar-refractivity contribution in [3.8, 4) is 0 Å². The number of morpholine rings is 1. The van der Waals surface area contributed by atoms with E-state index in [4.69, 9.17) is 14.6 Å². The number of hydrogen-bond acceptors (Lipinski definition) is 5. The molecule has 2 aliphatic heterocycles. The van der Waals surface area contributed by atoms with Gasteiger partial charge in [0.1, 0.15) is 11.6 Å². The average molecular weight is 427 g/mol. The Balaban J connectivity index is 0.000000370. The first-order valence-corrected chi connectivity index (χ1v) is 9.05. The minimum absolute atomic E-state index is 0.0155. The Morgan fingerprint density at radius 2 is 1.66 bits per heavy atom. The second kappa shape index (κ2) is 8.05. The van der Waals surface area contributed by atoms with Gasteiger partial charge in [0, 0.05) is 20.6 Å². The first-order valence-electron chi connectivity index (χ1n) is 9.05. The molecule has 2 saturated heterocycles. The summed E-state index contributed by atoms with van der Waals surface area (Å²) in [6.45, 7) is 1.74. The summed E-state index contributed by atoms with van der Waals surface area (Å²) in [7, 11) is 5.34. The number of carbonyl (C=O) groups excluding carboxylic acids is 2. The zero-order chi connectivity index (χ0) is 22.2. The molecule has 1 aliphatic carbocycles. The van der Waals surface area contributed by atoms with Crippen molar-refractivity contribution in [3.63, 3.8) is 0 Å². The van der Waals surface area contributed by atoms with Gasteiger partial charge in [-0.3, -0.25) is 14.5 Å². The quantitative estimate of drug-likeness (QED) is 0.646. The van der Waals surface area contributed by atoms with E-state index in [0.717, 1.165) is 6.42 Å². The van der Waals surface area contributed by atoms with Gasteiger partial charge in [0.25, 0.3) is 5.91 Å². The number of ether oxygens (including phenoxy) is 1. The number of alkyl halides is 4. The molecule has 1 saturated carbocycles. The number of aliphatic carboxylic acids is 1. The van der Waals surface area contributed by atoms with Gasteiger partial charge in [0.15, 0.2) is 5.67 Å². The summed E-state index contributed by atoms with van der Waals surface area (Å²) < 4.78 is 51.8. The number of amides is 2. The first-order chi connectivity index (χ1) is 13.2. The monoisotopic (exact) mass is 427 g/mol. The van der Waals surface area contributed by atoms with Crippen LogP contribution in [0.3, 0.4) is 0 Å². The molecule has 0 aromatic heterocycles. The van der Waals surface area contributed by atoms with Crippen LogP contribution in [0.15, 0.2) is 0 Å². The molecule has 1 spiro atoms. The topological polar surface area (TPSA) is 90.4 Å². The van der Waals surface area contributed by atoms with E-state index in [1.165, 1.54) is 0 Å². The summed E-state index contributed by atoms with van der Waals surface area (Å²) in [5.41, 5.74) is -2.07. The summed E-state index contributed by atoms with van der Waals surface area (Å²) in [6.07, 6.45) is -3.61. The first kappa shape index (κ1) is 23.3. The second-order valence-electron chi connectivity index (χ2n) is 7.94. The largest absolute Gasteiger partial charge is 0.490 e. The lowest BCUT2D eigenvalue weighted by Crippen LogP contribution is -2.74. The molecule has 29 heavy (non-hydrogen) atoms. The van der Waals surface area contributed by atoms with Gasteiger partial charge in [0.2, 0.25) is 5.91 Å². The van der Waals surface area contributed by atoms with Crippen LogP contribution in [0.2, 0.25) is 0 Å². The predicted octanol–water partition coefficient (Wildman–Crippen LogP) is 0.512. The van der Waals surface area contributed by atoms with Gasteiger partial charge < -0.3 is 19.6 Å². The van der Waals surface area contributed by atoms with Gasteiger partial charge in [-0.15, -0.1) is 0 Å². The number of rotatable bonds is 2. The molecular formula is C17H25F4N3O5. The van der Waals surface area contributed by atoms with E-state index >= 15 is 0 Å². The Morgan fingerprint density at radius 1 is 1.14 bits per heavy atom. The predicted molar refractivity (Wildman–Crippen MR) is 91.8 cm³/mol. The van der Waals surface area contributed by atoms with Gasteiger partial charge in [0.05, 0.1) is 19.7 Å². The Hall–Kier alpha value is -1.95. The number of carbonyl (C=O) groups is 3. The molecule has 8 nitrogen and oxygen atoms in total. The number of hydrogen-bond donors (Lipinski definition) is 1. The molecule has 0 radical (unpaired) electrons. The van der Waals surface area contributed by atoms with Crippen molar-refractivity contribution in [2.75, 3.05) is 47.4 Å². The van der Waals surface area contributed by atoms with Crippen LogP contribution in [0.25, 0.3) is 0 Å². The molecule has 3 rings (SSSR count). The highest BCUT2D eigenvalue weighted by molar-refractivity contribution is 5.87. The van der Waals surface area contributed by atoms with Crippen molar-refractivity contribution in [2.45, 2.75) is 42.8 Å². The molecule has 3 fully saturated rings. The summed E-state index contributed by atoms with van der Waals surface area (Å²) >= 11 is 0. The fraction of sp³-hybridized carbons (Fsp3) is 0.824. The van der Waals surface area contributed by atoms with E-state index in [0.29, 0.717) is 39.1 Å². The van der Waals surface area contributed by atoms with Gasteiger partial charge >= 0.3 is 12.1 Å². The fourth-order valence-electron chi connectivity index (χ4n) is 3.52. The van der Waals surface area contributed by atoms with Gasteiger partial charge in [-0.05, 0) is 26.3 Å². The SMILES string of the molecule is CN(C)C(=O)C1COC2(CN(C(=O)C3(F)CCC3)C2)CN1C.O=C(O)C(F)(F)F. The van der Waals surface area contributed by atoms with E-state index in [-0.39, 0.29) is 17.9 Å². The molecule has 3 aliphatic rings. The molecule has 2 amide bonds. The number of carboxylic acids is 1. The zero-order valence-electron chi connectivity index (χ0n) is 16.5. The van der Waals surface area contributed by atoms with E-state index in [1.54, 1.807) is 23.9 Å². The van der Waals surface area contributed by atoms with E-state index in [1.807, 2.05) is 11.9 Å². The van der Waals surface area contributed by atoms with Crippen molar-refractivity contribution in [3.05, 3.63) is 0 Å². The van der Waals surface area contributed by atoms with Gasteiger partial charge in [-0.1, -0.05) is 0 Å². The number of likely N-dealkylation sites (N-methyl/N-ethyl adjacent to an activating group) is 2. The van der Waals surface area contributed by atoms with Crippen LogP contribution in [-0.4, -0.2) is 108 Å². The lowest BCUT2D eigenvalue weighted by atomic mass is 9.79. The van der Waals surface area contributed by atoms with E-state index in [2.05, 4.69) is 0 Å². The molecule has 1 N–H and O–H groups in total. The molecular weight excluding hydrogens is 402 g/mol. The number of carboxylic acid groups (broad SMARTS) is 1. The Bertz CT molecular complexity index is 660. The normalized spacial score (nSPS) is 25.2. The van der Waals surface area contributed by atoms with E-state index < -0.39 is 23.4 Å². The molecule has 0 aromatic rings. The molecule has 1 atom stereocenters. The zero-order valence-corrected chi connectivity index (χ0v) is 16.5. The maximum atomic E-state index is 14.2. The van der Waals surface area contributed by atoms with Crippen molar-refractivity contribution in [1.29, 1.82) is 0 Å². The second-order valence-corrected chi connectivity index (χ2v) is 7.94. The lowest BCUT2D eigenvalue weighted by molar-refractivity contribution is -0.209. The highest BCUT2D eigenvalue weighted by Crippen LogP contribution is 2.40. The van der Waals surface area contributed by atoms with Gasteiger partial charge in [-0.2, -0.15) is 13.2 Å². The van der Waals surface area contributed by atoms with E-state index in [9.17, 15) is 27.2 Å². The van der Waals surface area contributed by atoms with Crippen LogP contribution < -0.4 is 0 Å². The number of likely N-dealkylation sites (tertiary alicyclic amines) is 1. The Morgan fingerprint density at radius 3 is 2.00 bits per heavy atom. The maximum absolute atomic E-state index is 14.2. The van der Waals surface area contributed by atoms with Crippen molar-refractivity contribution < 1.29 is 41.8 Å². The Labute approximate surface area is 165 Å². The third-order valence-electron chi connectivity index (χ3n) is 5.36. The molecule has 0 aromatic carbocycles. The van der Waals surface area contributed by atoms with Crippen LogP contribution >= 0.6 is 0 Å². The third kappa shape index (κ3) is 4.97. The van der Waals surface area contributed by atoms with Crippen molar-refractivity contribution >= 4 is 17.8 Å². The summed E-state index contributed by atoms with van der Waals surface area (Å²) in [6, 6.07) is -0.287. The van der Waals surface area contributed by atoms with Crippen LogP contribution in [0.1, 0.15) is 19.3 Å². The molecule has 12 heteroatoms. The van der Waals surface area contributed by atoms with Crippen LogP contribution in [0.5, 0.6) is 0 Å². The number of halogens is 4. The van der Waals surface area contributed by atoms with Crippen LogP contribution in [-0.2, 0) is 19.1 Å². The standard InChI is InChI=1S/C15H24FN3O3.C2HF3O2/c1-17(2)12(20)11-7-22-14(8-18(11)3)9-19(10-14)13(21)15(16)5-4-6-15;3-2(4,5)1(6)7/h11H,4-10H2,1-3H3;(H,6,7). The molecule has 166 valence electrons. The highest BCUT2D eigenvalue weighted by atomic mass is 19.4. The number of nitrogens with zero attached hydrogens (tertiary/aromatic N) is 3. The smallest absolute Gasteiger partial charge is 0.475 e. The summed E-state index contributed by atoms with van der Waals surface area (Å²) in [4.78, 5) is 38.2. The minimum Gasteiger partial charge on any atom is -0.475 e. The van der Waals surface area contributed by atoms with Crippen molar-refractivity contribution in [1.82, 2.24) is 14.7 Å². The molecule has 2 heterocycles. The highest BCUT2D eigenvalue weighted by Gasteiger charge is 2.56. The summed E-state index contributed by atoms with van der Waals surface area (Å²) in [5.74, 6) is -3.13. The molecule has 1 unspecified atom stereocenters. The van der Waals surface area contributed by atoms with Crippen LogP contribution in [0.4, 0.5) is 17.6 Å². The third-order valence-corrected chi connectivity index (χ3v) is 5.36. The maximum Gasteiger partial charge on any atom is 0.490 e. The van der Waals surface area contributed by atoms with Gasteiger partial charge in [-0.25, -0.2) is 9.18 Å². The molecule has 0 bridgehead atoms. The van der Waals surface area contributed by atoms with Crippen molar-refractivity contribution in [2.24, 2.45) is 0 Å². The Kier molecular flexibility index (Phi) is 6.48. The minimum atomic E-state index is -5.08. The average Bonchev–Trinajstić information content (AvgIpc) is 2.55. The lowest BCUT2D eigenvalue weighted by Gasteiger charge is -2.56.